The molecule has 0 aliphatic rings. The molecule has 0 saturated heterocycles. The van der Waals surface area contributed by atoms with Crippen molar-refractivity contribution < 1.29 is 13.6 Å². The van der Waals surface area contributed by atoms with Crippen molar-refractivity contribution in [2.45, 2.75) is 6.54 Å². The van der Waals surface area contributed by atoms with Crippen LogP contribution in [0.15, 0.2) is 78.9 Å². The Morgan fingerprint density at radius 2 is 1.35 bits per heavy atom. The van der Waals surface area contributed by atoms with Crippen LogP contribution < -0.4 is 10.0 Å². The third-order valence-electron chi connectivity index (χ3n) is 3.83. The van der Waals surface area contributed by atoms with Crippen LogP contribution in [-0.2, 0) is 17.8 Å². The quantitative estimate of drug-likeness (QED) is 0.438. The van der Waals surface area contributed by atoms with Crippen LogP contribution in [0.2, 0.25) is 0 Å². The van der Waals surface area contributed by atoms with Gasteiger partial charge in [0.15, 0.2) is 5.78 Å². The van der Waals surface area contributed by atoms with Gasteiger partial charge in [0.05, 0.1) is 0 Å². The molecule has 0 radical (unpaired) electrons. The summed E-state index contributed by atoms with van der Waals surface area (Å²) in [6, 6.07) is 24.0. The average molecular weight is 366 g/mol. The van der Waals surface area contributed by atoms with Crippen molar-refractivity contribution in [2.24, 2.45) is 0 Å². The Bertz CT molecular complexity index is 895. The number of hydrogen-bond donors (Lipinski definition) is 3. The Kier molecular flexibility index (Phi) is 5.91. The van der Waals surface area contributed by atoms with Crippen molar-refractivity contribution in [1.29, 1.82) is 0 Å². The number of benzene rings is 3. The van der Waals surface area contributed by atoms with Gasteiger partial charge in [-0.2, -0.15) is 0 Å². The lowest BCUT2D eigenvalue weighted by atomic mass is 10.0. The van der Waals surface area contributed by atoms with Crippen LogP contribution in [0.5, 0.6) is 0 Å². The van der Waals surface area contributed by atoms with E-state index in [1.807, 2.05) is 54.6 Å². The molecule has 0 aliphatic carbocycles. The zero-order chi connectivity index (χ0) is 18.4. The van der Waals surface area contributed by atoms with Gasteiger partial charge in [0.2, 0.25) is 11.3 Å². The minimum Gasteiger partial charge on any atom is -0.356 e. The van der Waals surface area contributed by atoms with Crippen LogP contribution in [0.3, 0.4) is 0 Å². The molecule has 0 bridgehead atoms. The molecule has 0 heterocycles. The van der Waals surface area contributed by atoms with E-state index in [2.05, 4.69) is 10.0 Å². The van der Waals surface area contributed by atoms with Crippen LogP contribution in [-0.4, -0.2) is 14.5 Å². The molecule has 132 valence electrons. The Morgan fingerprint density at radius 1 is 0.808 bits per heavy atom. The molecule has 6 heteroatoms. The standard InChI is InChI=1S/C20H18N2O3S/c23-20(16-4-2-1-3-5-16)17-8-12-19(13-9-17)22-18-10-6-15(7-11-18)14-21-26(24)25/h1-13,21-22H,14H2,(H,24,25). The van der Waals surface area contributed by atoms with Crippen molar-refractivity contribution in [3.63, 3.8) is 0 Å². The molecule has 3 aromatic rings. The van der Waals surface area contributed by atoms with E-state index in [-0.39, 0.29) is 5.78 Å². The summed E-state index contributed by atoms with van der Waals surface area (Å²) in [6.07, 6.45) is 0. The summed E-state index contributed by atoms with van der Waals surface area (Å²) in [4.78, 5) is 12.4. The summed E-state index contributed by atoms with van der Waals surface area (Å²) in [7, 11) is 0. The molecule has 5 nitrogen and oxygen atoms in total. The molecule has 0 spiro atoms. The SMILES string of the molecule is O=C(c1ccccc1)c1ccc(Nc2ccc(CNS(=O)O)cc2)cc1. The van der Waals surface area contributed by atoms with E-state index in [0.717, 1.165) is 16.9 Å². The van der Waals surface area contributed by atoms with Crippen molar-refractivity contribution in [3.05, 3.63) is 95.6 Å². The zero-order valence-corrected chi connectivity index (χ0v) is 14.7. The number of anilines is 2. The molecule has 3 aromatic carbocycles. The van der Waals surface area contributed by atoms with Crippen LogP contribution in [0.4, 0.5) is 11.4 Å². The van der Waals surface area contributed by atoms with Gasteiger partial charge in [-0.25, -0.2) is 8.93 Å². The first-order chi connectivity index (χ1) is 12.6. The Hall–Kier alpha value is -2.80. The highest BCUT2D eigenvalue weighted by molar-refractivity contribution is 7.77. The molecule has 26 heavy (non-hydrogen) atoms. The highest BCUT2D eigenvalue weighted by Crippen LogP contribution is 2.19. The smallest absolute Gasteiger partial charge is 0.232 e. The number of hydrogen-bond acceptors (Lipinski definition) is 3. The summed E-state index contributed by atoms with van der Waals surface area (Å²) in [6.45, 7) is 0.319. The predicted octanol–water partition coefficient (Wildman–Crippen LogP) is 3.89. The van der Waals surface area contributed by atoms with Gasteiger partial charge < -0.3 is 5.32 Å². The van der Waals surface area contributed by atoms with Crippen LogP contribution in [0, 0.1) is 0 Å². The second kappa shape index (κ2) is 8.53. The van der Waals surface area contributed by atoms with E-state index in [9.17, 15) is 9.00 Å². The normalized spacial score (nSPS) is 11.7. The lowest BCUT2D eigenvalue weighted by molar-refractivity contribution is 0.103. The molecule has 0 amide bonds. The maximum Gasteiger partial charge on any atom is 0.232 e. The molecule has 0 fully saturated rings. The Balaban J connectivity index is 1.64. The minimum absolute atomic E-state index is 0.00438. The Labute approximate surface area is 154 Å². The lowest BCUT2D eigenvalue weighted by Crippen LogP contribution is -2.15. The van der Waals surface area contributed by atoms with Crippen molar-refractivity contribution in [3.8, 4) is 0 Å². The molecular formula is C20H18N2O3S. The molecule has 0 saturated carbocycles. The number of ketones is 1. The maximum atomic E-state index is 12.4. The van der Waals surface area contributed by atoms with Gasteiger partial charge in [-0.15, -0.1) is 0 Å². The highest BCUT2D eigenvalue weighted by Gasteiger charge is 2.08. The van der Waals surface area contributed by atoms with Gasteiger partial charge >= 0.3 is 0 Å². The van der Waals surface area contributed by atoms with E-state index < -0.39 is 11.3 Å². The van der Waals surface area contributed by atoms with Gasteiger partial charge in [0, 0.05) is 29.0 Å². The fourth-order valence-corrected chi connectivity index (χ4v) is 2.77. The van der Waals surface area contributed by atoms with Gasteiger partial charge in [0.25, 0.3) is 0 Å². The van der Waals surface area contributed by atoms with Gasteiger partial charge in [0.1, 0.15) is 0 Å². The summed E-state index contributed by atoms with van der Waals surface area (Å²) in [5.41, 5.74) is 3.97. The van der Waals surface area contributed by atoms with Crippen molar-refractivity contribution in [2.75, 3.05) is 5.32 Å². The molecular weight excluding hydrogens is 348 g/mol. The predicted molar refractivity (Wildman–Crippen MR) is 104 cm³/mol. The molecule has 1 unspecified atom stereocenters. The van der Waals surface area contributed by atoms with Crippen molar-refractivity contribution >= 4 is 28.4 Å². The molecule has 0 aromatic heterocycles. The summed E-state index contributed by atoms with van der Waals surface area (Å²) < 4.78 is 21.8. The summed E-state index contributed by atoms with van der Waals surface area (Å²) in [5, 5.41) is 3.26. The van der Waals surface area contributed by atoms with Crippen molar-refractivity contribution in [1.82, 2.24) is 4.72 Å². The molecule has 0 aliphatic heterocycles. The fraction of sp³-hybridized carbons (Fsp3) is 0.0500. The minimum atomic E-state index is -2.02. The van der Waals surface area contributed by atoms with Gasteiger partial charge in [-0.3, -0.25) is 9.35 Å². The lowest BCUT2D eigenvalue weighted by Gasteiger charge is -2.09. The number of carbonyl (C=O) groups is 1. The molecule has 3 rings (SSSR count). The van der Waals surface area contributed by atoms with Gasteiger partial charge in [-0.1, -0.05) is 42.5 Å². The van der Waals surface area contributed by atoms with Crippen LogP contribution in [0.1, 0.15) is 21.5 Å². The molecule has 3 N–H and O–H groups in total. The van der Waals surface area contributed by atoms with Gasteiger partial charge in [-0.05, 0) is 42.0 Å². The summed E-state index contributed by atoms with van der Waals surface area (Å²) in [5.74, 6) is -0.00438. The topological polar surface area (TPSA) is 78.4 Å². The Morgan fingerprint density at radius 3 is 1.92 bits per heavy atom. The van der Waals surface area contributed by atoms with E-state index in [1.165, 1.54) is 0 Å². The van der Waals surface area contributed by atoms with E-state index in [4.69, 9.17) is 4.55 Å². The number of nitrogens with one attached hydrogen (secondary N) is 2. The summed E-state index contributed by atoms with van der Waals surface area (Å²) >= 11 is -2.02. The first-order valence-corrected chi connectivity index (χ1v) is 9.12. The third kappa shape index (κ3) is 4.86. The third-order valence-corrected chi connectivity index (χ3v) is 4.22. The number of carbonyl (C=O) groups excluding carboxylic acids is 1. The van der Waals surface area contributed by atoms with Crippen LogP contribution in [0.25, 0.3) is 0 Å². The highest BCUT2D eigenvalue weighted by atomic mass is 32.2. The zero-order valence-electron chi connectivity index (χ0n) is 13.9. The van der Waals surface area contributed by atoms with Crippen LogP contribution >= 0.6 is 0 Å². The van der Waals surface area contributed by atoms with E-state index in [0.29, 0.717) is 17.7 Å². The largest absolute Gasteiger partial charge is 0.356 e. The monoisotopic (exact) mass is 366 g/mol. The maximum absolute atomic E-state index is 12.4. The number of rotatable bonds is 7. The fourth-order valence-electron chi connectivity index (χ4n) is 2.48. The molecule has 1 atom stereocenters. The average Bonchev–Trinajstić information content (AvgIpc) is 2.68. The second-order valence-corrected chi connectivity index (χ2v) is 6.45. The van der Waals surface area contributed by atoms with E-state index >= 15 is 0 Å². The first-order valence-electron chi connectivity index (χ1n) is 8.02. The second-order valence-electron chi connectivity index (χ2n) is 5.66. The first kappa shape index (κ1) is 18.0. The van der Waals surface area contributed by atoms with E-state index in [1.54, 1.807) is 24.3 Å².